The van der Waals surface area contributed by atoms with Gasteiger partial charge in [-0.05, 0) is 23.8 Å². The standard InChI is InChI=1S/C22H25N5O5S/c1-13(2)5-7-25-20(29)19-17(6-8-33-19)27-21(25)24-26(22(27)30)12-18(28)23-14-9-15(31-3)11-16(10-14)32-4/h6,8-11,13H,5,7,12H2,1-4H3,(H,23,28). The fraction of sp³-hybridized carbons (Fsp3) is 0.364. The lowest BCUT2D eigenvalue weighted by molar-refractivity contribution is -0.117. The monoisotopic (exact) mass is 471 g/mol. The lowest BCUT2D eigenvalue weighted by Gasteiger charge is -2.09. The van der Waals surface area contributed by atoms with Crippen molar-refractivity contribution < 1.29 is 14.3 Å². The van der Waals surface area contributed by atoms with Gasteiger partial charge in [-0.1, -0.05) is 13.8 Å². The van der Waals surface area contributed by atoms with Crippen LogP contribution in [0.4, 0.5) is 5.69 Å². The molecule has 0 saturated heterocycles. The van der Waals surface area contributed by atoms with Crippen molar-refractivity contribution in [3.05, 3.63) is 50.5 Å². The molecule has 0 saturated carbocycles. The minimum Gasteiger partial charge on any atom is -0.497 e. The molecule has 1 amide bonds. The van der Waals surface area contributed by atoms with E-state index in [0.29, 0.717) is 39.9 Å². The molecule has 1 aromatic carbocycles. The van der Waals surface area contributed by atoms with Gasteiger partial charge in [0, 0.05) is 30.4 Å². The first kappa shape index (κ1) is 22.6. The summed E-state index contributed by atoms with van der Waals surface area (Å²) in [7, 11) is 3.03. The third kappa shape index (κ3) is 4.36. The van der Waals surface area contributed by atoms with Gasteiger partial charge < -0.3 is 14.8 Å². The van der Waals surface area contributed by atoms with Crippen LogP contribution in [0.2, 0.25) is 0 Å². The molecule has 11 heteroatoms. The number of amides is 1. The predicted molar refractivity (Wildman–Crippen MR) is 127 cm³/mol. The first-order valence-corrected chi connectivity index (χ1v) is 11.3. The van der Waals surface area contributed by atoms with E-state index in [1.165, 1.54) is 34.5 Å². The summed E-state index contributed by atoms with van der Waals surface area (Å²) in [6.45, 7) is 4.24. The van der Waals surface area contributed by atoms with Gasteiger partial charge in [0.15, 0.2) is 0 Å². The summed E-state index contributed by atoms with van der Waals surface area (Å²) in [5.41, 5.74) is 0.292. The van der Waals surface area contributed by atoms with Crippen LogP contribution < -0.4 is 26.0 Å². The number of ether oxygens (including phenoxy) is 2. The van der Waals surface area contributed by atoms with E-state index in [1.807, 2.05) is 0 Å². The fourth-order valence-corrected chi connectivity index (χ4v) is 4.37. The molecule has 1 N–H and O–H groups in total. The quantitative estimate of drug-likeness (QED) is 0.423. The normalized spacial score (nSPS) is 11.4. The van der Waals surface area contributed by atoms with Gasteiger partial charge >= 0.3 is 5.69 Å². The van der Waals surface area contributed by atoms with E-state index in [2.05, 4.69) is 24.3 Å². The highest BCUT2D eigenvalue weighted by molar-refractivity contribution is 7.17. The molecule has 10 nitrogen and oxygen atoms in total. The van der Waals surface area contributed by atoms with Crippen LogP contribution in [0.3, 0.4) is 0 Å². The maximum Gasteiger partial charge on any atom is 0.352 e. The number of carbonyl (C=O) groups is 1. The number of aromatic nitrogens is 4. The van der Waals surface area contributed by atoms with E-state index in [4.69, 9.17) is 9.47 Å². The van der Waals surface area contributed by atoms with E-state index in [-0.39, 0.29) is 17.9 Å². The maximum atomic E-state index is 13.2. The summed E-state index contributed by atoms with van der Waals surface area (Å²) in [4.78, 5) is 38.9. The molecule has 0 fully saturated rings. The number of benzene rings is 1. The second-order valence-electron chi connectivity index (χ2n) is 8.00. The molecule has 0 spiro atoms. The molecule has 0 aliphatic rings. The van der Waals surface area contributed by atoms with Crippen molar-refractivity contribution in [2.45, 2.75) is 33.4 Å². The number of rotatable bonds is 8. The van der Waals surface area contributed by atoms with E-state index in [0.717, 1.165) is 11.1 Å². The molecule has 0 aliphatic heterocycles. The third-order valence-corrected chi connectivity index (χ3v) is 6.14. The Balaban J connectivity index is 1.71. The van der Waals surface area contributed by atoms with Gasteiger partial charge in [0.2, 0.25) is 11.7 Å². The fourth-order valence-electron chi connectivity index (χ4n) is 3.54. The third-order valence-electron chi connectivity index (χ3n) is 5.25. The van der Waals surface area contributed by atoms with Gasteiger partial charge in [0.05, 0.1) is 19.7 Å². The zero-order chi connectivity index (χ0) is 23.7. The number of nitrogens with zero attached hydrogens (tertiary/aromatic N) is 4. The van der Waals surface area contributed by atoms with Crippen molar-refractivity contribution in [2.24, 2.45) is 5.92 Å². The second-order valence-corrected chi connectivity index (χ2v) is 8.92. The number of nitrogens with one attached hydrogen (secondary N) is 1. The van der Waals surface area contributed by atoms with Crippen molar-refractivity contribution >= 4 is 38.9 Å². The predicted octanol–water partition coefficient (Wildman–Crippen LogP) is 2.57. The van der Waals surface area contributed by atoms with E-state index in [9.17, 15) is 14.4 Å². The largest absolute Gasteiger partial charge is 0.497 e. The van der Waals surface area contributed by atoms with Crippen LogP contribution in [0.15, 0.2) is 39.2 Å². The summed E-state index contributed by atoms with van der Waals surface area (Å²) in [6, 6.07) is 6.69. The van der Waals surface area contributed by atoms with Gasteiger partial charge in [-0.2, -0.15) is 0 Å². The summed E-state index contributed by atoms with van der Waals surface area (Å²) in [6.07, 6.45) is 0.756. The number of carbonyl (C=O) groups excluding carboxylic acids is 1. The van der Waals surface area contributed by atoms with Crippen LogP contribution in [0.5, 0.6) is 11.5 Å². The molecular weight excluding hydrogens is 446 g/mol. The molecule has 0 bridgehead atoms. The molecule has 4 aromatic rings. The molecule has 0 radical (unpaired) electrons. The maximum absolute atomic E-state index is 13.2. The topological polar surface area (TPSA) is 109 Å². The van der Waals surface area contributed by atoms with Gasteiger partial charge in [-0.15, -0.1) is 16.4 Å². The van der Waals surface area contributed by atoms with Crippen LogP contribution in [-0.2, 0) is 17.9 Å². The van der Waals surface area contributed by atoms with Crippen LogP contribution in [-0.4, -0.2) is 38.9 Å². The zero-order valence-electron chi connectivity index (χ0n) is 18.8. The van der Waals surface area contributed by atoms with E-state index >= 15 is 0 Å². The first-order valence-electron chi connectivity index (χ1n) is 10.4. The highest BCUT2D eigenvalue weighted by Gasteiger charge is 2.19. The Hall–Kier alpha value is -3.60. The summed E-state index contributed by atoms with van der Waals surface area (Å²) >= 11 is 1.28. The molecule has 174 valence electrons. The molecule has 0 unspecified atom stereocenters. The highest BCUT2D eigenvalue weighted by Crippen LogP contribution is 2.25. The van der Waals surface area contributed by atoms with Gasteiger partial charge in [-0.25, -0.2) is 13.9 Å². The highest BCUT2D eigenvalue weighted by atomic mass is 32.1. The van der Waals surface area contributed by atoms with Crippen molar-refractivity contribution in [1.82, 2.24) is 18.7 Å². The SMILES string of the molecule is COc1cc(NC(=O)Cn2nc3n(CCC(C)C)c(=O)c4sccc4n3c2=O)cc(OC)c1. The average molecular weight is 472 g/mol. The van der Waals surface area contributed by atoms with Crippen LogP contribution in [0, 0.1) is 5.92 Å². The van der Waals surface area contributed by atoms with Crippen LogP contribution in [0.25, 0.3) is 16.0 Å². The molecular formula is C22H25N5O5S. The summed E-state index contributed by atoms with van der Waals surface area (Å²) < 4.78 is 14.9. The number of thiophene rings is 1. The zero-order valence-corrected chi connectivity index (χ0v) is 19.6. The van der Waals surface area contributed by atoms with E-state index < -0.39 is 11.6 Å². The molecule has 3 heterocycles. The molecule has 33 heavy (non-hydrogen) atoms. The second kappa shape index (κ2) is 9.10. The van der Waals surface area contributed by atoms with Crippen molar-refractivity contribution in [2.75, 3.05) is 19.5 Å². The lowest BCUT2D eigenvalue weighted by Crippen LogP contribution is -2.29. The number of hydrogen-bond donors (Lipinski definition) is 1. The molecule has 0 aliphatic carbocycles. The Bertz CT molecular complexity index is 1420. The van der Waals surface area contributed by atoms with Gasteiger partial charge in [0.25, 0.3) is 5.56 Å². The molecule has 4 rings (SSSR count). The van der Waals surface area contributed by atoms with Crippen molar-refractivity contribution in [3.8, 4) is 11.5 Å². The Morgan fingerprint density at radius 3 is 2.48 bits per heavy atom. The lowest BCUT2D eigenvalue weighted by atomic mass is 10.1. The number of anilines is 1. The smallest absolute Gasteiger partial charge is 0.352 e. The Kier molecular flexibility index (Phi) is 6.23. The van der Waals surface area contributed by atoms with E-state index in [1.54, 1.807) is 29.6 Å². The first-order chi connectivity index (χ1) is 15.8. The number of fused-ring (bicyclic) bond motifs is 3. The minimum absolute atomic E-state index is 0.182. The number of methoxy groups -OCH3 is 2. The summed E-state index contributed by atoms with van der Waals surface area (Å²) in [5, 5.41) is 8.86. The Morgan fingerprint density at radius 2 is 1.85 bits per heavy atom. The Labute approximate surface area is 193 Å². The van der Waals surface area contributed by atoms with Crippen LogP contribution in [0.1, 0.15) is 20.3 Å². The molecule has 3 aromatic heterocycles. The number of hydrogen-bond acceptors (Lipinski definition) is 7. The van der Waals surface area contributed by atoms with Gasteiger partial charge in [0.1, 0.15) is 22.7 Å². The van der Waals surface area contributed by atoms with Gasteiger partial charge in [-0.3, -0.25) is 14.2 Å². The average Bonchev–Trinajstić information content (AvgIpc) is 3.38. The van der Waals surface area contributed by atoms with Crippen molar-refractivity contribution in [3.63, 3.8) is 0 Å². The summed E-state index contributed by atoms with van der Waals surface area (Å²) in [5.74, 6) is 1.18. The van der Waals surface area contributed by atoms with Crippen molar-refractivity contribution in [1.29, 1.82) is 0 Å². The van der Waals surface area contributed by atoms with Crippen LogP contribution >= 0.6 is 11.3 Å². The molecule has 0 atom stereocenters. The number of aryl methyl sites for hydroxylation is 1. The minimum atomic E-state index is -0.481. The Morgan fingerprint density at radius 1 is 1.15 bits per heavy atom.